The Balaban J connectivity index is 3.50. The van der Waals surface area contributed by atoms with Crippen molar-refractivity contribution in [1.29, 1.82) is 0 Å². The molecule has 3 atom stereocenters. The Hall–Kier alpha value is -1.17. The normalized spacial score (nSPS) is 13.3. The van der Waals surface area contributed by atoms with Crippen molar-refractivity contribution in [3.63, 3.8) is 0 Å². The maximum Gasteiger partial charge on any atom is 0.249 e. The summed E-state index contributed by atoms with van der Waals surface area (Å²) in [5.74, 6) is -0.465. The predicted octanol–water partition coefficient (Wildman–Crippen LogP) is 20.0. The lowest BCUT2D eigenvalue weighted by molar-refractivity contribution is -0.131. The smallest absolute Gasteiger partial charge is 0.249 e. The molecule has 0 aliphatic heterocycles. The average molecular weight is 973 g/mol. The third-order valence-corrected chi connectivity index (χ3v) is 15.1. The number of unbranched alkanes of at least 4 members (excludes halogenated alkanes) is 47. The van der Waals surface area contributed by atoms with E-state index in [-0.39, 0.29) is 6.61 Å². The van der Waals surface area contributed by atoms with Crippen LogP contribution in [0.4, 0.5) is 0 Å². The molecule has 0 spiro atoms. The first-order valence-corrected chi connectivity index (χ1v) is 31.6. The van der Waals surface area contributed by atoms with E-state index in [4.69, 9.17) is 0 Å². The summed E-state index contributed by atoms with van der Waals surface area (Å²) in [6, 6.07) is -0.712. The number of carbonyl (C=O) groups is 1. The van der Waals surface area contributed by atoms with E-state index in [1.165, 1.54) is 289 Å². The number of allylic oxidation sites excluding steroid dienone is 4. The number of hydrogen-bond donors (Lipinski definition) is 4. The van der Waals surface area contributed by atoms with E-state index in [9.17, 15) is 20.1 Å². The molecule has 0 bridgehead atoms. The van der Waals surface area contributed by atoms with Crippen LogP contribution < -0.4 is 5.32 Å². The standard InChI is InChI=1S/C64H125NO4/c1-3-5-7-9-11-13-15-17-19-21-23-25-27-29-30-31-32-33-35-37-39-41-43-45-47-49-51-53-55-57-59-63(68)64(69)65-61(60-66)62(67)58-56-54-52-50-48-46-44-42-40-38-36-34-28-26-24-22-20-18-16-14-12-10-8-6-4-2/h23,25,29-30,61-63,66-68H,3-22,24,26-28,31-60H2,1-2H3,(H,65,69)/b25-23-,30-29-. The molecule has 69 heavy (non-hydrogen) atoms. The molecule has 410 valence electrons. The second-order valence-corrected chi connectivity index (χ2v) is 22.0. The third-order valence-electron chi connectivity index (χ3n) is 15.1. The van der Waals surface area contributed by atoms with E-state index in [2.05, 4.69) is 43.5 Å². The second kappa shape index (κ2) is 59.4. The van der Waals surface area contributed by atoms with E-state index in [0.29, 0.717) is 12.8 Å². The molecule has 0 aromatic heterocycles. The molecule has 3 unspecified atom stereocenters. The molecule has 5 nitrogen and oxygen atoms in total. The van der Waals surface area contributed by atoms with Crippen LogP contribution in [0.2, 0.25) is 0 Å². The fourth-order valence-corrected chi connectivity index (χ4v) is 10.2. The monoisotopic (exact) mass is 972 g/mol. The van der Waals surface area contributed by atoms with E-state index < -0.39 is 24.2 Å². The SMILES string of the molecule is CCCCCCCCCCC/C=C\C/C=C\CCCCCCCCCCCCCCCCC(O)C(=O)NC(CO)C(O)CCCCCCCCCCCCCCCCCCCCCCCCCCC. The average Bonchev–Trinajstić information content (AvgIpc) is 3.35. The van der Waals surface area contributed by atoms with Crippen LogP contribution in [0.25, 0.3) is 0 Å². The summed E-state index contributed by atoms with van der Waals surface area (Å²) < 4.78 is 0. The van der Waals surface area contributed by atoms with Gasteiger partial charge in [-0.25, -0.2) is 0 Å². The van der Waals surface area contributed by atoms with Gasteiger partial charge in [0.05, 0.1) is 18.8 Å². The van der Waals surface area contributed by atoms with Crippen molar-refractivity contribution in [2.45, 2.75) is 372 Å². The molecule has 0 aliphatic carbocycles. The highest BCUT2D eigenvalue weighted by Gasteiger charge is 2.23. The molecule has 0 heterocycles. The Morgan fingerprint density at radius 2 is 0.594 bits per heavy atom. The fourth-order valence-electron chi connectivity index (χ4n) is 10.2. The zero-order valence-electron chi connectivity index (χ0n) is 47.0. The number of hydrogen-bond acceptors (Lipinski definition) is 4. The first-order valence-electron chi connectivity index (χ1n) is 31.6. The van der Waals surface area contributed by atoms with Crippen LogP contribution >= 0.6 is 0 Å². The van der Waals surface area contributed by atoms with Gasteiger partial charge in [-0.2, -0.15) is 0 Å². The quantitative estimate of drug-likeness (QED) is 0.0361. The Morgan fingerprint density at radius 3 is 0.870 bits per heavy atom. The lowest BCUT2D eigenvalue weighted by atomic mass is 10.0. The summed E-state index contributed by atoms with van der Waals surface area (Å²) in [6.45, 7) is 4.28. The fraction of sp³-hybridized carbons (Fsp3) is 0.922. The van der Waals surface area contributed by atoms with Crippen LogP contribution in [0.3, 0.4) is 0 Å². The van der Waals surface area contributed by atoms with Crippen LogP contribution in [0.15, 0.2) is 24.3 Å². The highest BCUT2D eigenvalue weighted by Crippen LogP contribution is 2.19. The molecule has 0 saturated carbocycles. The molecule has 0 aliphatic rings. The molecule has 0 saturated heterocycles. The lowest BCUT2D eigenvalue weighted by Crippen LogP contribution is -2.49. The highest BCUT2D eigenvalue weighted by molar-refractivity contribution is 5.80. The third kappa shape index (κ3) is 54.4. The molecule has 5 heteroatoms. The number of rotatable bonds is 59. The van der Waals surface area contributed by atoms with Crippen molar-refractivity contribution < 1.29 is 20.1 Å². The van der Waals surface area contributed by atoms with Gasteiger partial charge in [-0.1, -0.05) is 334 Å². The summed E-state index contributed by atoms with van der Waals surface area (Å²) >= 11 is 0. The van der Waals surface area contributed by atoms with Crippen molar-refractivity contribution in [3.8, 4) is 0 Å². The number of aliphatic hydroxyl groups is 3. The van der Waals surface area contributed by atoms with Crippen molar-refractivity contribution >= 4 is 5.91 Å². The maximum absolute atomic E-state index is 12.6. The topological polar surface area (TPSA) is 89.8 Å². The molecule has 0 radical (unpaired) electrons. The first kappa shape index (κ1) is 67.8. The summed E-state index contributed by atoms with van der Waals surface area (Å²) in [5.41, 5.74) is 0. The molecule has 0 aromatic carbocycles. The van der Waals surface area contributed by atoms with Crippen LogP contribution in [-0.2, 0) is 4.79 Å². The summed E-state index contributed by atoms with van der Waals surface area (Å²) in [7, 11) is 0. The van der Waals surface area contributed by atoms with Crippen LogP contribution in [0.5, 0.6) is 0 Å². The van der Waals surface area contributed by atoms with Gasteiger partial charge in [-0.3, -0.25) is 4.79 Å². The predicted molar refractivity (Wildman–Crippen MR) is 305 cm³/mol. The van der Waals surface area contributed by atoms with Crippen molar-refractivity contribution in [2.24, 2.45) is 0 Å². The summed E-state index contributed by atoms with van der Waals surface area (Å²) in [4.78, 5) is 12.6. The van der Waals surface area contributed by atoms with Crippen molar-refractivity contribution in [2.75, 3.05) is 6.61 Å². The van der Waals surface area contributed by atoms with Gasteiger partial charge < -0.3 is 20.6 Å². The zero-order chi connectivity index (χ0) is 50.0. The first-order chi connectivity index (χ1) is 34.1. The maximum atomic E-state index is 12.6. The van der Waals surface area contributed by atoms with Crippen LogP contribution in [0.1, 0.15) is 354 Å². The van der Waals surface area contributed by atoms with Gasteiger partial charge in [-0.15, -0.1) is 0 Å². The van der Waals surface area contributed by atoms with Crippen molar-refractivity contribution in [1.82, 2.24) is 5.32 Å². The second-order valence-electron chi connectivity index (χ2n) is 22.0. The van der Waals surface area contributed by atoms with Crippen molar-refractivity contribution in [3.05, 3.63) is 24.3 Å². The molecular weight excluding hydrogens is 847 g/mol. The Bertz CT molecular complexity index is 1030. The van der Waals surface area contributed by atoms with Gasteiger partial charge in [0.1, 0.15) is 6.10 Å². The molecular formula is C64H125NO4. The zero-order valence-corrected chi connectivity index (χ0v) is 47.0. The Labute approximate surface area is 432 Å². The number of amides is 1. The Kier molecular flexibility index (Phi) is 58.4. The molecule has 0 fully saturated rings. The van der Waals surface area contributed by atoms with E-state index in [1.54, 1.807) is 0 Å². The minimum absolute atomic E-state index is 0.310. The lowest BCUT2D eigenvalue weighted by Gasteiger charge is -2.23. The molecule has 0 aromatic rings. The molecule has 0 rings (SSSR count). The molecule has 4 N–H and O–H groups in total. The summed E-state index contributed by atoms with van der Waals surface area (Å²) in [6.07, 6.45) is 76.8. The number of nitrogens with one attached hydrogen (secondary N) is 1. The van der Waals surface area contributed by atoms with Gasteiger partial charge in [0.15, 0.2) is 0 Å². The van der Waals surface area contributed by atoms with Crippen LogP contribution in [0, 0.1) is 0 Å². The Morgan fingerprint density at radius 1 is 0.348 bits per heavy atom. The van der Waals surface area contributed by atoms with Gasteiger partial charge in [-0.05, 0) is 44.9 Å². The largest absolute Gasteiger partial charge is 0.394 e. The van der Waals surface area contributed by atoms with Gasteiger partial charge in [0, 0.05) is 0 Å². The summed E-state index contributed by atoms with van der Waals surface area (Å²) in [5, 5.41) is 33.7. The van der Waals surface area contributed by atoms with E-state index in [0.717, 1.165) is 38.5 Å². The van der Waals surface area contributed by atoms with Gasteiger partial charge in [0.25, 0.3) is 0 Å². The minimum Gasteiger partial charge on any atom is -0.394 e. The van der Waals surface area contributed by atoms with Gasteiger partial charge >= 0.3 is 0 Å². The minimum atomic E-state index is -1.08. The van der Waals surface area contributed by atoms with E-state index in [1.807, 2.05) is 0 Å². The number of carbonyl (C=O) groups excluding carboxylic acids is 1. The van der Waals surface area contributed by atoms with Gasteiger partial charge in [0.2, 0.25) is 5.91 Å². The van der Waals surface area contributed by atoms with Crippen LogP contribution in [-0.4, -0.2) is 46.1 Å². The van der Waals surface area contributed by atoms with E-state index >= 15 is 0 Å². The highest BCUT2D eigenvalue weighted by atomic mass is 16.3. The molecule has 1 amide bonds. The number of aliphatic hydroxyl groups excluding tert-OH is 3.